The van der Waals surface area contributed by atoms with Crippen molar-refractivity contribution in [3.05, 3.63) is 87.2 Å². The van der Waals surface area contributed by atoms with Crippen molar-refractivity contribution < 1.29 is 19.2 Å². The van der Waals surface area contributed by atoms with Crippen molar-refractivity contribution >= 4 is 29.1 Å². The van der Waals surface area contributed by atoms with Crippen LogP contribution in [0.15, 0.2) is 60.9 Å². The van der Waals surface area contributed by atoms with Crippen molar-refractivity contribution in [2.24, 2.45) is 5.92 Å². The summed E-state index contributed by atoms with van der Waals surface area (Å²) in [6, 6.07) is 13.7. The third-order valence-corrected chi connectivity index (χ3v) is 4.70. The number of ether oxygens (including phenoxy) is 1. The second-order valence-electron chi connectivity index (χ2n) is 6.97. The molecule has 0 fully saturated rings. The van der Waals surface area contributed by atoms with Gasteiger partial charge in [-0.1, -0.05) is 30.7 Å². The van der Waals surface area contributed by atoms with E-state index in [4.69, 9.17) is 16.3 Å². The quantitative estimate of drug-likeness (QED) is 0.395. The smallest absolute Gasteiger partial charge is 0.306 e. The second kappa shape index (κ2) is 10.4. The minimum Gasteiger partial charge on any atom is -0.489 e. The molecule has 0 aliphatic heterocycles. The van der Waals surface area contributed by atoms with Gasteiger partial charge in [0.1, 0.15) is 24.8 Å². The molecule has 1 aromatic heterocycles. The van der Waals surface area contributed by atoms with Crippen LogP contribution in [-0.2, 0) is 17.9 Å². The molecular formula is C21H20ClN5O5. The Morgan fingerprint density at radius 3 is 2.66 bits per heavy atom. The van der Waals surface area contributed by atoms with Gasteiger partial charge in [0.25, 0.3) is 5.91 Å². The third kappa shape index (κ3) is 6.29. The molecule has 0 bridgehead atoms. The molecule has 0 unspecified atom stereocenters. The first kappa shape index (κ1) is 22.8. The zero-order valence-electron chi connectivity index (χ0n) is 17.0. The van der Waals surface area contributed by atoms with E-state index in [1.807, 2.05) is 6.07 Å². The molecule has 32 heavy (non-hydrogen) atoms. The van der Waals surface area contributed by atoms with E-state index < -0.39 is 22.7 Å². The monoisotopic (exact) mass is 457 g/mol. The summed E-state index contributed by atoms with van der Waals surface area (Å²) in [6.45, 7) is 1.99. The van der Waals surface area contributed by atoms with E-state index in [-0.39, 0.29) is 18.8 Å². The SMILES string of the molecule is C[C@@H](Cn1cc([N+](=O)[O-])cn1)C(=O)NNC(=O)c1cccc(COc2ccc(Cl)cc2)c1. The fraction of sp³-hybridized carbons (Fsp3) is 0.190. The second-order valence-corrected chi connectivity index (χ2v) is 7.40. The molecule has 2 aromatic carbocycles. The van der Waals surface area contributed by atoms with Crippen LogP contribution in [0, 0.1) is 16.0 Å². The molecule has 10 nitrogen and oxygen atoms in total. The average molecular weight is 458 g/mol. The van der Waals surface area contributed by atoms with Crippen LogP contribution in [0.2, 0.25) is 5.02 Å². The number of hydrazine groups is 1. The Morgan fingerprint density at radius 1 is 1.22 bits per heavy atom. The van der Waals surface area contributed by atoms with Gasteiger partial charge in [-0.05, 0) is 42.0 Å². The van der Waals surface area contributed by atoms with Crippen molar-refractivity contribution in [2.75, 3.05) is 0 Å². The maximum absolute atomic E-state index is 12.4. The highest BCUT2D eigenvalue weighted by molar-refractivity contribution is 6.30. The Kier molecular flexibility index (Phi) is 7.40. The van der Waals surface area contributed by atoms with Gasteiger partial charge in [-0.15, -0.1) is 0 Å². The molecule has 3 aromatic rings. The summed E-state index contributed by atoms with van der Waals surface area (Å²) < 4.78 is 6.97. The standard InChI is InChI=1S/C21H20ClN5O5/c1-14(11-26-12-18(10-23-26)27(30)31)20(28)24-25-21(29)16-4-2-3-15(9-16)13-32-19-7-5-17(22)6-8-19/h2-10,12,14H,11,13H2,1H3,(H,24,28)(H,25,29)/t14-/m0/s1. The first-order chi connectivity index (χ1) is 15.3. The summed E-state index contributed by atoms with van der Waals surface area (Å²) in [7, 11) is 0. The lowest BCUT2D eigenvalue weighted by Crippen LogP contribution is -2.44. The summed E-state index contributed by atoms with van der Waals surface area (Å²) in [4.78, 5) is 34.8. The van der Waals surface area contributed by atoms with Gasteiger partial charge in [0.05, 0.1) is 17.4 Å². The predicted molar refractivity (Wildman–Crippen MR) is 116 cm³/mol. The summed E-state index contributed by atoms with van der Waals surface area (Å²) in [5.74, 6) is -0.894. The van der Waals surface area contributed by atoms with Crippen LogP contribution >= 0.6 is 11.6 Å². The van der Waals surface area contributed by atoms with E-state index in [0.717, 1.165) is 11.8 Å². The Balaban J connectivity index is 1.50. The topological polar surface area (TPSA) is 128 Å². The largest absolute Gasteiger partial charge is 0.489 e. The Hall–Kier alpha value is -3.92. The van der Waals surface area contributed by atoms with Crippen molar-refractivity contribution in [3.8, 4) is 5.75 Å². The zero-order chi connectivity index (χ0) is 23.1. The highest BCUT2D eigenvalue weighted by Gasteiger charge is 2.17. The molecule has 11 heteroatoms. The molecule has 0 spiro atoms. The van der Waals surface area contributed by atoms with Gasteiger partial charge in [-0.2, -0.15) is 5.10 Å². The van der Waals surface area contributed by atoms with Crippen LogP contribution in [0.5, 0.6) is 5.75 Å². The average Bonchev–Trinajstić information content (AvgIpc) is 3.26. The molecule has 0 saturated carbocycles. The van der Waals surface area contributed by atoms with Gasteiger partial charge in [0.2, 0.25) is 5.91 Å². The first-order valence-electron chi connectivity index (χ1n) is 9.56. The van der Waals surface area contributed by atoms with E-state index in [0.29, 0.717) is 16.3 Å². The van der Waals surface area contributed by atoms with Crippen molar-refractivity contribution in [3.63, 3.8) is 0 Å². The fourth-order valence-electron chi connectivity index (χ4n) is 2.72. The number of aromatic nitrogens is 2. The van der Waals surface area contributed by atoms with Crippen LogP contribution in [0.4, 0.5) is 5.69 Å². The molecule has 0 aliphatic rings. The molecule has 0 saturated heterocycles. The Bertz CT molecular complexity index is 1120. The number of rotatable bonds is 8. The minimum absolute atomic E-state index is 0.118. The number of amides is 2. The van der Waals surface area contributed by atoms with Crippen molar-refractivity contribution in [1.82, 2.24) is 20.6 Å². The lowest BCUT2D eigenvalue weighted by molar-refractivity contribution is -0.385. The van der Waals surface area contributed by atoms with E-state index >= 15 is 0 Å². The van der Waals surface area contributed by atoms with Gasteiger partial charge in [0, 0.05) is 10.6 Å². The normalized spacial score (nSPS) is 11.4. The summed E-state index contributed by atoms with van der Waals surface area (Å²) in [5, 5.41) is 15.2. The number of nitro groups is 1. The van der Waals surface area contributed by atoms with Crippen LogP contribution in [0.25, 0.3) is 0 Å². The third-order valence-electron chi connectivity index (χ3n) is 4.45. The lowest BCUT2D eigenvalue weighted by atomic mass is 10.1. The van der Waals surface area contributed by atoms with Crippen molar-refractivity contribution in [1.29, 1.82) is 0 Å². The molecule has 3 rings (SSSR count). The number of nitrogens with zero attached hydrogens (tertiary/aromatic N) is 3. The molecule has 2 amide bonds. The fourth-order valence-corrected chi connectivity index (χ4v) is 2.85. The van der Waals surface area contributed by atoms with Gasteiger partial charge in [-0.3, -0.25) is 35.2 Å². The Morgan fingerprint density at radius 2 is 1.97 bits per heavy atom. The van der Waals surface area contributed by atoms with Crippen LogP contribution in [0.3, 0.4) is 0 Å². The predicted octanol–water partition coefficient (Wildman–Crippen LogP) is 3.12. The lowest BCUT2D eigenvalue weighted by Gasteiger charge is -2.13. The van der Waals surface area contributed by atoms with E-state index in [1.54, 1.807) is 49.4 Å². The molecule has 1 atom stereocenters. The summed E-state index contributed by atoms with van der Waals surface area (Å²) in [5.41, 5.74) is 5.67. The Labute approximate surface area is 188 Å². The molecule has 166 valence electrons. The van der Waals surface area contributed by atoms with Gasteiger partial charge >= 0.3 is 5.69 Å². The van der Waals surface area contributed by atoms with E-state index in [1.165, 1.54) is 10.9 Å². The van der Waals surface area contributed by atoms with Crippen LogP contribution in [-0.4, -0.2) is 26.5 Å². The molecular weight excluding hydrogens is 438 g/mol. The van der Waals surface area contributed by atoms with Gasteiger partial charge in [0.15, 0.2) is 0 Å². The van der Waals surface area contributed by atoms with E-state index in [2.05, 4.69) is 16.0 Å². The molecule has 2 N–H and O–H groups in total. The number of halogens is 1. The first-order valence-corrected chi connectivity index (χ1v) is 9.94. The van der Waals surface area contributed by atoms with Crippen molar-refractivity contribution in [2.45, 2.75) is 20.1 Å². The van der Waals surface area contributed by atoms with Gasteiger partial charge in [-0.25, -0.2) is 0 Å². The minimum atomic E-state index is -0.589. The highest BCUT2D eigenvalue weighted by atomic mass is 35.5. The molecule has 0 radical (unpaired) electrons. The number of carbonyl (C=O) groups excluding carboxylic acids is 2. The highest BCUT2D eigenvalue weighted by Crippen LogP contribution is 2.17. The molecule has 1 heterocycles. The number of hydrogen-bond acceptors (Lipinski definition) is 6. The van der Waals surface area contributed by atoms with Crippen LogP contribution in [0.1, 0.15) is 22.8 Å². The number of benzene rings is 2. The summed E-state index contributed by atoms with van der Waals surface area (Å²) >= 11 is 5.85. The summed E-state index contributed by atoms with van der Waals surface area (Å²) in [6.07, 6.45) is 2.34. The van der Waals surface area contributed by atoms with Crippen LogP contribution < -0.4 is 15.6 Å². The molecule has 0 aliphatic carbocycles. The number of hydrogen-bond donors (Lipinski definition) is 2. The zero-order valence-corrected chi connectivity index (χ0v) is 17.8. The number of nitrogens with one attached hydrogen (secondary N) is 2. The maximum atomic E-state index is 12.4. The van der Waals surface area contributed by atoms with E-state index in [9.17, 15) is 19.7 Å². The maximum Gasteiger partial charge on any atom is 0.306 e. The van der Waals surface area contributed by atoms with Gasteiger partial charge < -0.3 is 4.74 Å². The number of carbonyl (C=O) groups is 2.